The summed E-state index contributed by atoms with van der Waals surface area (Å²) in [6.45, 7) is 17.7. The fourth-order valence-corrected chi connectivity index (χ4v) is 3.38. The maximum atomic E-state index is 3.73. The second-order valence-electron chi connectivity index (χ2n) is 7.60. The lowest BCUT2D eigenvalue weighted by molar-refractivity contribution is 0.0318. The molecule has 2 fully saturated rings. The first-order valence-electron chi connectivity index (χ1n) is 8.31. The van der Waals surface area contributed by atoms with E-state index in [4.69, 9.17) is 0 Å². The van der Waals surface area contributed by atoms with E-state index in [0.717, 1.165) is 5.92 Å². The molecule has 0 aromatic heterocycles. The van der Waals surface area contributed by atoms with Gasteiger partial charge in [-0.15, -0.1) is 0 Å². The molecule has 0 spiro atoms. The van der Waals surface area contributed by atoms with Gasteiger partial charge in [0.25, 0.3) is 0 Å². The molecule has 2 aliphatic heterocycles. The molecule has 0 aromatic rings. The summed E-state index contributed by atoms with van der Waals surface area (Å²) in [5, 5.41) is 3.73. The third-order valence-corrected chi connectivity index (χ3v) is 5.05. The van der Waals surface area contributed by atoms with Crippen LogP contribution >= 0.6 is 0 Å². The second kappa shape index (κ2) is 6.73. The van der Waals surface area contributed by atoms with Crippen LogP contribution in [0.1, 0.15) is 34.1 Å². The van der Waals surface area contributed by atoms with Crippen LogP contribution in [-0.4, -0.2) is 79.3 Å². The van der Waals surface area contributed by atoms with Gasteiger partial charge < -0.3 is 5.32 Å². The Labute approximate surface area is 125 Å². The SMILES string of the molecule is CCC1CNC(CN2CCN(C(C)(C)C)CC2)N(C)C1. The summed E-state index contributed by atoms with van der Waals surface area (Å²) in [6, 6.07) is 0. The molecule has 20 heavy (non-hydrogen) atoms. The molecule has 2 rings (SSSR count). The summed E-state index contributed by atoms with van der Waals surface area (Å²) in [5.74, 6) is 0.828. The van der Waals surface area contributed by atoms with E-state index in [0.29, 0.717) is 11.7 Å². The molecule has 2 aliphatic rings. The van der Waals surface area contributed by atoms with Gasteiger partial charge in [0.15, 0.2) is 0 Å². The van der Waals surface area contributed by atoms with E-state index < -0.39 is 0 Å². The topological polar surface area (TPSA) is 21.8 Å². The Morgan fingerprint density at radius 1 is 1.10 bits per heavy atom. The quantitative estimate of drug-likeness (QED) is 0.842. The van der Waals surface area contributed by atoms with Crippen molar-refractivity contribution in [1.29, 1.82) is 0 Å². The fraction of sp³-hybridized carbons (Fsp3) is 1.00. The summed E-state index contributed by atoms with van der Waals surface area (Å²) < 4.78 is 0. The summed E-state index contributed by atoms with van der Waals surface area (Å²) in [7, 11) is 2.27. The van der Waals surface area contributed by atoms with Gasteiger partial charge in [0.2, 0.25) is 0 Å². The number of hydrogen-bond acceptors (Lipinski definition) is 4. The molecule has 0 aliphatic carbocycles. The Morgan fingerprint density at radius 2 is 1.75 bits per heavy atom. The van der Waals surface area contributed by atoms with E-state index in [9.17, 15) is 0 Å². The highest BCUT2D eigenvalue weighted by Gasteiger charge is 2.29. The van der Waals surface area contributed by atoms with Crippen LogP contribution in [0.25, 0.3) is 0 Å². The lowest BCUT2D eigenvalue weighted by atomic mass is 10.0. The summed E-state index contributed by atoms with van der Waals surface area (Å²) >= 11 is 0. The van der Waals surface area contributed by atoms with Crippen LogP contribution in [0.4, 0.5) is 0 Å². The summed E-state index contributed by atoms with van der Waals surface area (Å²) in [5.41, 5.74) is 0.320. The van der Waals surface area contributed by atoms with E-state index in [1.807, 2.05) is 0 Å². The van der Waals surface area contributed by atoms with E-state index in [1.54, 1.807) is 0 Å². The van der Waals surface area contributed by atoms with Crippen molar-refractivity contribution in [2.45, 2.75) is 45.8 Å². The van der Waals surface area contributed by atoms with Crippen molar-refractivity contribution >= 4 is 0 Å². The van der Waals surface area contributed by atoms with E-state index >= 15 is 0 Å². The Kier molecular flexibility index (Phi) is 5.46. The van der Waals surface area contributed by atoms with Gasteiger partial charge in [-0.05, 0) is 33.7 Å². The van der Waals surface area contributed by atoms with Gasteiger partial charge in [-0.25, -0.2) is 0 Å². The van der Waals surface area contributed by atoms with Gasteiger partial charge in [-0.2, -0.15) is 0 Å². The zero-order valence-corrected chi connectivity index (χ0v) is 14.2. The molecule has 4 nitrogen and oxygen atoms in total. The molecular formula is C16H34N4. The molecule has 0 radical (unpaired) electrons. The van der Waals surface area contributed by atoms with Gasteiger partial charge in [0.05, 0.1) is 6.17 Å². The average molecular weight is 282 g/mol. The van der Waals surface area contributed by atoms with Crippen LogP contribution in [-0.2, 0) is 0 Å². The molecule has 1 N–H and O–H groups in total. The summed E-state index contributed by atoms with van der Waals surface area (Å²) in [4.78, 5) is 7.74. The van der Waals surface area contributed by atoms with Crippen LogP contribution in [0.5, 0.6) is 0 Å². The Morgan fingerprint density at radius 3 is 2.25 bits per heavy atom. The van der Waals surface area contributed by atoms with Crippen molar-refractivity contribution in [1.82, 2.24) is 20.0 Å². The van der Waals surface area contributed by atoms with E-state index in [1.165, 1.54) is 52.2 Å². The van der Waals surface area contributed by atoms with Crippen molar-refractivity contribution in [3.63, 3.8) is 0 Å². The molecule has 2 saturated heterocycles. The van der Waals surface area contributed by atoms with Crippen molar-refractivity contribution in [3.8, 4) is 0 Å². The molecule has 0 bridgehead atoms. The molecule has 118 valence electrons. The Balaban J connectivity index is 1.76. The average Bonchev–Trinajstić information content (AvgIpc) is 2.40. The number of piperazine rings is 1. The van der Waals surface area contributed by atoms with Gasteiger partial charge in [-0.1, -0.05) is 13.3 Å². The zero-order chi connectivity index (χ0) is 14.8. The highest BCUT2D eigenvalue weighted by molar-refractivity contribution is 4.85. The van der Waals surface area contributed by atoms with Crippen molar-refractivity contribution in [3.05, 3.63) is 0 Å². The van der Waals surface area contributed by atoms with Gasteiger partial charge in [0.1, 0.15) is 0 Å². The molecule has 0 aromatic carbocycles. The van der Waals surface area contributed by atoms with Crippen LogP contribution in [0, 0.1) is 5.92 Å². The van der Waals surface area contributed by atoms with Crippen molar-refractivity contribution < 1.29 is 0 Å². The first-order chi connectivity index (χ1) is 9.40. The standard InChI is InChI=1S/C16H34N4/c1-6-14-11-17-15(18(5)12-14)13-19-7-9-20(10-8-19)16(2,3)4/h14-15,17H,6-13H2,1-5H3. The number of nitrogens with one attached hydrogen (secondary N) is 1. The monoisotopic (exact) mass is 282 g/mol. The molecule has 2 atom stereocenters. The largest absolute Gasteiger partial charge is 0.300 e. The van der Waals surface area contributed by atoms with Crippen molar-refractivity contribution in [2.24, 2.45) is 5.92 Å². The highest BCUT2D eigenvalue weighted by Crippen LogP contribution is 2.17. The third kappa shape index (κ3) is 4.17. The smallest absolute Gasteiger partial charge is 0.0726 e. The molecule has 2 heterocycles. The predicted molar refractivity (Wildman–Crippen MR) is 86.0 cm³/mol. The van der Waals surface area contributed by atoms with Crippen LogP contribution in [0.3, 0.4) is 0 Å². The normalized spacial score (nSPS) is 31.6. The molecule has 0 amide bonds. The third-order valence-electron chi connectivity index (χ3n) is 5.05. The number of hydrogen-bond donors (Lipinski definition) is 1. The molecule has 2 unspecified atom stereocenters. The maximum absolute atomic E-state index is 3.73. The van der Waals surface area contributed by atoms with Crippen LogP contribution in [0.15, 0.2) is 0 Å². The molecule has 0 saturated carbocycles. The number of rotatable bonds is 3. The van der Waals surface area contributed by atoms with Crippen molar-refractivity contribution in [2.75, 3.05) is 52.9 Å². The summed E-state index contributed by atoms with van der Waals surface area (Å²) in [6.07, 6.45) is 1.83. The predicted octanol–water partition coefficient (Wildman–Crippen LogP) is 1.29. The first kappa shape index (κ1) is 16.2. The molecule has 4 heteroatoms. The van der Waals surface area contributed by atoms with Crippen LogP contribution in [0.2, 0.25) is 0 Å². The minimum atomic E-state index is 0.320. The molecular weight excluding hydrogens is 248 g/mol. The Hall–Kier alpha value is -0.160. The lowest BCUT2D eigenvalue weighted by Gasteiger charge is -2.45. The van der Waals surface area contributed by atoms with Gasteiger partial charge >= 0.3 is 0 Å². The van der Waals surface area contributed by atoms with E-state index in [2.05, 4.69) is 54.8 Å². The second-order valence-corrected chi connectivity index (χ2v) is 7.60. The highest BCUT2D eigenvalue weighted by atomic mass is 15.3. The minimum absolute atomic E-state index is 0.320. The lowest BCUT2D eigenvalue weighted by Crippen LogP contribution is -2.60. The fourth-order valence-electron chi connectivity index (χ4n) is 3.38. The van der Waals surface area contributed by atoms with Crippen LogP contribution < -0.4 is 5.32 Å². The Bertz CT molecular complexity index is 291. The van der Waals surface area contributed by atoms with Gasteiger partial charge in [0, 0.05) is 51.4 Å². The first-order valence-corrected chi connectivity index (χ1v) is 8.31. The van der Waals surface area contributed by atoms with Gasteiger partial charge in [-0.3, -0.25) is 14.7 Å². The number of likely N-dealkylation sites (N-methyl/N-ethyl adjacent to an activating group) is 1. The maximum Gasteiger partial charge on any atom is 0.0726 e. The minimum Gasteiger partial charge on any atom is -0.300 e. The number of nitrogens with zero attached hydrogens (tertiary/aromatic N) is 3. The van der Waals surface area contributed by atoms with E-state index in [-0.39, 0.29) is 0 Å². The zero-order valence-electron chi connectivity index (χ0n) is 14.2.